The molecule has 2 aromatic heterocycles. The number of nitrogens with zero attached hydrogens (tertiary/aromatic N) is 2. The maximum atomic E-state index is 13.1. The molecular formula is C22H18FN3O2S. The number of carbonyl (C=O) groups is 1. The molecule has 4 rings (SSSR count). The van der Waals surface area contributed by atoms with Crippen LogP contribution < -0.4 is 10.1 Å². The first-order valence-electron chi connectivity index (χ1n) is 8.95. The summed E-state index contributed by atoms with van der Waals surface area (Å²) >= 11 is 1.56. The van der Waals surface area contributed by atoms with Crippen molar-refractivity contribution < 1.29 is 13.9 Å². The summed E-state index contributed by atoms with van der Waals surface area (Å²) in [5.41, 5.74) is 2.71. The van der Waals surface area contributed by atoms with Crippen LogP contribution in [0.3, 0.4) is 0 Å². The minimum absolute atomic E-state index is 0.263. The van der Waals surface area contributed by atoms with Crippen LogP contribution in [0.25, 0.3) is 16.3 Å². The molecular weight excluding hydrogens is 389 g/mol. The van der Waals surface area contributed by atoms with Crippen LogP contribution in [0.5, 0.6) is 5.75 Å². The topological polar surface area (TPSA) is 56.2 Å². The number of carbonyl (C=O) groups excluding carboxylic acids is 1. The van der Waals surface area contributed by atoms with Crippen LogP contribution in [0.1, 0.15) is 16.1 Å². The average molecular weight is 407 g/mol. The predicted octanol–water partition coefficient (Wildman–Crippen LogP) is 4.68. The smallest absolute Gasteiger partial charge is 0.270 e. The summed E-state index contributed by atoms with van der Waals surface area (Å²) < 4.78 is 19.9. The number of amides is 1. The third kappa shape index (κ3) is 4.20. The summed E-state index contributed by atoms with van der Waals surface area (Å²) in [5.74, 6) is 0.153. The summed E-state index contributed by atoms with van der Waals surface area (Å²) in [6, 6.07) is 19.1. The molecule has 0 radical (unpaired) electrons. The fraction of sp³-hybridized carbons (Fsp3) is 0.0909. The number of benzene rings is 2. The fourth-order valence-corrected chi connectivity index (χ4v) is 3.56. The molecule has 1 amide bonds. The molecule has 0 fully saturated rings. The van der Waals surface area contributed by atoms with E-state index in [1.807, 2.05) is 41.8 Å². The van der Waals surface area contributed by atoms with Crippen molar-refractivity contribution in [2.75, 3.05) is 7.11 Å². The predicted molar refractivity (Wildman–Crippen MR) is 111 cm³/mol. The molecule has 146 valence electrons. The lowest BCUT2D eigenvalue weighted by molar-refractivity contribution is 0.0943. The van der Waals surface area contributed by atoms with E-state index in [1.165, 1.54) is 12.1 Å². The highest BCUT2D eigenvalue weighted by Crippen LogP contribution is 2.26. The Hall–Kier alpha value is -3.45. The second-order valence-electron chi connectivity index (χ2n) is 6.31. The third-order valence-corrected chi connectivity index (χ3v) is 5.29. The zero-order valence-corrected chi connectivity index (χ0v) is 16.4. The summed E-state index contributed by atoms with van der Waals surface area (Å²) in [7, 11) is 1.60. The molecule has 0 bridgehead atoms. The van der Waals surface area contributed by atoms with E-state index in [9.17, 15) is 9.18 Å². The average Bonchev–Trinajstić information content (AvgIpc) is 3.43. The molecule has 7 heteroatoms. The molecule has 5 nitrogen and oxygen atoms in total. The lowest BCUT2D eigenvalue weighted by atomic mass is 10.2. The van der Waals surface area contributed by atoms with Gasteiger partial charge < -0.3 is 10.1 Å². The number of nitrogens with one attached hydrogen (secondary N) is 1. The maximum absolute atomic E-state index is 13.1. The van der Waals surface area contributed by atoms with Gasteiger partial charge in [0.25, 0.3) is 5.91 Å². The Morgan fingerprint density at radius 1 is 1.14 bits per heavy atom. The zero-order valence-electron chi connectivity index (χ0n) is 15.6. The summed E-state index contributed by atoms with van der Waals surface area (Å²) in [6.45, 7) is 0.293. The molecule has 0 aliphatic rings. The molecule has 0 atom stereocenters. The SMILES string of the molecule is COc1ccc(-n2nc(-c3cccs3)cc2C(=O)NCc2ccc(F)cc2)cc1. The van der Waals surface area contributed by atoms with Gasteiger partial charge >= 0.3 is 0 Å². The molecule has 1 N–H and O–H groups in total. The van der Waals surface area contributed by atoms with E-state index in [2.05, 4.69) is 10.4 Å². The largest absolute Gasteiger partial charge is 0.497 e. The molecule has 4 aromatic rings. The van der Waals surface area contributed by atoms with Gasteiger partial charge in [-0.25, -0.2) is 9.07 Å². The van der Waals surface area contributed by atoms with Gasteiger partial charge in [0.2, 0.25) is 0 Å². The normalized spacial score (nSPS) is 10.7. The first-order chi connectivity index (χ1) is 14.1. The molecule has 0 spiro atoms. The van der Waals surface area contributed by atoms with Crippen LogP contribution in [0.4, 0.5) is 4.39 Å². The molecule has 0 unspecified atom stereocenters. The van der Waals surface area contributed by atoms with Crippen LogP contribution in [0.15, 0.2) is 72.1 Å². The lowest BCUT2D eigenvalue weighted by Crippen LogP contribution is -2.25. The Labute approximate surface area is 171 Å². The first kappa shape index (κ1) is 18.9. The van der Waals surface area contributed by atoms with Gasteiger partial charge in [-0.3, -0.25) is 4.79 Å². The van der Waals surface area contributed by atoms with Gasteiger partial charge in [-0.05, 0) is 59.5 Å². The van der Waals surface area contributed by atoms with Crippen LogP contribution in [-0.2, 0) is 6.54 Å². The Balaban J connectivity index is 1.64. The number of hydrogen-bond acceptors (Lipinski definition) is 4. The minimum Gasteiger partial charge on any atom is -0.497 e. The van der Waals surface area contributed by atoms with E-state index in [4.69, 9.17) is 4.74 Å². The van der Waals surface area contributed by atoms with Crippen LogP contribution in [0, 0.1) is 5.82 Å². The van der Waals surface area contributed by atoms with Crippen LogP contribution >= 0.6 is 11.3 Å². The van der Waals surface area contributed by atoms with Crippen molar-refractivity contribution in [1.29, 1.82) is 0 Å². The van der Waals surface area contributed by atoms with E-state index in [-0.39, 0.29) is 11.7 Å². The maximum Gasteiger partial charge on any atom is 0.270 e. The molecule has 0 saturated carbocycles. The minimum atomic E-state index is -0.307. The Morgan fingerprint density at radius 3 is 2.55 bits per heavy atom. The quantitative estimate of drug-likeness (QED) is 0.505. The Morgan fingerprint density at radius 2 is 1.90 bits per heavy atom. The number of aromatic nitrogens is 2. The van der Waals surface area contributed by atoms with E-state index < -0.39 is 0 Å². The van der Waals surface area contributed by atoms with Crippen LogP contribution in [0.2, 0.25) is 0 Å². The standard InChI is InChI=1S/C22H18FN3O2S/c1-28-18-10-8-17(9-11-18)26-20(13-19(25-26)21-3-2-12-29-21)22(27)24-14-15-4-6-16(23)7-5-15/h2-13H,14H2,1H3,(H,24,27). The van der Waals surface area contributed by atoms with Crippen molar-refractivity contribution in [3.05, 3.63) is 89.2 Å². The van der Waals surface area contributed by atoms with Crippen molar-refractivity contribution >= 4 is 17.2 Å². The van der Waals surface area contributed by atoms with Crippen LogP contribution in [-0.4, -0.2) is 22.8 Å². The van der Waals surface area contributed by atoms with Crippen molar-refractivity contribution in [1.82, 2.24) is 15.1 Å². The fourth-order valence-electron chi connectivity index (χ4n) is 2.88. The van der Waals surface area contributed by atoms with Crippen molar-refractivity contribution in [2.24, 2.45) is 0 Å². The van der Waals surface area contributed by atoms with E-state index >= 15 is 0 Å². The summed E-state index contributed by atoms with van der Waals surface area (Å²) in [6.07, 6.45) is 0. The molecule has 2 heterocycles. The Kier molecular flexibility index (Phi) is 5.39. The number of ether oxygens (including phenoxy) is 1. The molecule has 0 aliphatic heterocycles. The second kappa shape index (κ2) is 8.28. The van der Waals surface area contributed by atoms with Gasteiger partial charge in [0.15, 0.2) is 0 Å². The number of methoxy groups -OCH3 is 1. The van der Waals surface area contributed by atoms with Crippen molar-refractivity contribution in [3.63, 3.8) is 0 Å². The summed E-state index contributed by atoms with van der Waals surface area (Å²) in [5, 5.41) is 9.49. The van der Waals surface area contributed by atoms with Gasteiger partial charge in [-0.1, -0.05) is 18.2 Å². The number of halogens is 1. The van der Waals surface area contributed by atoms with Gasteiger partial charge in [0.05, 0.1) is 17.7 Å². The summed E-state index contributed by atoms with van der Waals surface area (Å²) in [4.78, 5) is 13.9. The van der Waals surface area contributed by atoms with Crippen molar-refractivity contribution in [3.8, 4) is 22.0 Å². The van der Waals surface area contributed by atoms with E-state index in [1.54, 1.807) is 41.3 Å². The monoisotopic (exact) mass is 407 g/mol. The molecule has 0 aliphatic carbocycles. The van der Waals surface area contributed by atoms with Gasteiger partial charge in [0.1, 0.15) is 23.0 Å². The molecule has 2 aromatic carbocycles. The van der Waals surface area contributed by atoms with E-state index in [0.29, 0.717) is 12.2 Å². The van der Waals surface area contributed by atoms with Crippen molar-refractivity contribution in [2.45, 2.75) is 6.54 Å². The Bertz CT molecular complexity index is 1100. The number of thiophene rings is 1. The van der Waals surface area contributed by atoms with Gasteiger partial charge in [-0.15, -0.1) is 11.3 Å². The number of hydrogen-bond donors (Lipinski definition) is 1. The molecule has 0 saturated heterocycles. The highest BCUT2D eigenvalue weighted by Gasteiger charge is 2.18. The van der Waals surface area contributed by atoms with Gasteiger partial charge in [0, 0.05) is 6.54 Å². The van der Waals surface area contributed by atoms with Gasteiger partial charge in [-0.2, -0.15) is 5.10 Å². The van der Waals surface area contributed by atoms with E-state index in [0.717, 1.165) is 27.6 Å². The third-order valence-electron chi connectivity index (χ3n) is 4.40. The highest BCUT2D eigenvalue weighted by atomic mass is 32.1. The number of rotatable bonds is 6. The lowest BCUT2D eigenvalue weighted by Gasteiger charge is -2.09. The molecule has 29 heavy (non-hydrogen) atoms. The first-order valence-corrected chi connectivity index (χ1v) is 9.83. The highest BCUT2D eigenvalue weighted by molar-refractivity contribution is 7.13. The second-order valence-corrected chi connectivity index (χ2v) is 7.26. The zero-order chi connectivity index (χ0) is 20.2.